The molecule has 2 aromatic rings. The van der Waals surface area contributed by atoms with Crippen LogP contribution in [0.5, 0.6) is 0 Å². The van der Waals surface area contributed by atoms with Crippen molar-refractivity contribution >= 4 is 32.4 Å². The van der Waals surface area contributed by atoms with Gasteiger partial charge in [0.25, 0.3) is 0 Å². The lowest BCUT2D eigenvalue weighted by Gasteiger charge is -1.96. The Morgan fingerprint density at radius 3 is 2.79 bits per heavy atom. The summed E-state index contributed by atoms with van der Waals surface area (Å²) in [6, 6.07) is 4.44. The molecule has 4 nitrogen and oxygen atoms in total. The Hall–Kier alpha value is -1.07. The Balaban J connectivity index is 2.79. The van der Waals surface area contributed by atoms with Gasteiger partial charge < -0.3 is 4.52 Å². The summed E-state index contributed by atoms with van der Waals surface area (Å²) in [5.41, 5.74) is 0.474. The van der Waals surface area contributed by atoms with Crippen LogP contribution < -0.4 is 0 Å². The van der Waals surface area contributed by atoms with Gasteiger partial charge in [0.05, 0.1) is 10.3 Å². The van der Waals surface area contributed by atoms with Crippen LogP contribution in [0.2, 0.25) is 5.15 Å². The maximum Gasteiger partial charge on any atom is 0.180 e. The highest BCUT2D eigenvalue weighted by Crippen LogP contribution is 2.25. The number of fused-ring (bicyclic) bond motifs is 1. The Morgan fingerprint density at radius 2 is 2.14 bits per heavy atom. The van der Waals surface area contributed by atoms with E-state index in [1.165, 1.54) is 18.2 Å². The number of sulfone groups is 1. The summed E-state index contributed by atoms with van der Waals surface area (Å²) in [6.07, 6.45) is 1.13. The molecule has 0 fully saturated rings. The van der Waals surface area contributed by atoms with Crippen molar-refractivity contribution in [3.63, 3.8) is 0 Å². The fourth-order valence-corrected chi connectivity index (χ4v) is 1.95. The molecule has 0 radical (unpaired) electrons. The molecular formula is C8H6ClNO3S. The second kappa shape index (κ2) is 2.96. The van der Waals surface area contributed by atoms with E-state index in [2.05, 4.69) is 5.16 Å². The molecule has 74 valence electrons. The quantitative estimate of drug-likeness (QED) is 0.752. The predicted molar refractivity (Wildman–Crippen MR) is 52.1 cm³/mol. The van der Waals surface area contributed by atoms with Crippen LogP contribution in [0.25, 0.3) is 11.0 Å². The summed E-state index contributed by atoms with van der Waals surface area (Å²) in [4.78, 5) is 0.204. The minimum absolute atomic E-state index is 0.172. The smallest absolute Gasteiger partial charge is 0.180 e. The zero-order valence-corrected chi connectivity index (χ0v) is 8.76. The lowest BCUT2D eigenvalue weighted by atomic mass is 10.3. The van der Waals surface area contributed by atoms with Crippen molar-refractivity contribution in [2.75, 3.05) is 6.26 Å². The molecule has 0 N–H and O–H groups in total. The molecule has 0 saturated heterocycles. The van der Waals surface area contributed by atoms with Crippen LogP contribution >= 0.6 is 11.6 Å². The maximum atomic E-state index is 11.2. The van der Waals surface area contributed by atoms with Crippen molar-refractivity contribution in [3.8, 4) is 0 Å². The van der Waals surface area contributed by atoms with Crippen molar-refractivity contribution < 1.29 is 12.9 Å². The van der Waals surface area contributed by atoms with E-state index in [0.717, 1.165) is 6.26 Å². The second-order valence-electron chi connectivity index (χ2n) is 2.90. The zero-order chi connectivity index (χ0) is 10.3. The van der Waals surface area contributed by atoms with Crippen molar-refractivity contribution in [1.29, 1.82) is 0 Å². The van der Waals surface area contributed by atoms with E-state index in [1.807, 2.05) is 0 Å². The van der Waals surface area contributed by atoms with Crippen LogP contribution in [-0.2, 0) is 9.84 Å². The standard InChI is InChI=1S/C8H6ClNO3S/c1-14(11,12)5-2-3-7-6(4-5)8(9)10-13-7/h2-4H,1H3. The van der Waals surface area contributed by atoms with Crippen molar-refractivity contribution in [2.45, 2.75) is 4.90 Å². The van der Waals surface area contributed by atoms with Crippen LogP contribution in [0.4, 0.5) is 0 Å². The van der Waals surface area contributed by atoms with Gasteiger partial charge in [0.2, 0.25) is 0 Å². The highest BCUT2D eigenvalue weighted by molar-refractivity contribution is 7.90. The van der Waals surface area contributed by atoms with Gasteiger partial charge in [-0.15, -0.1) is 0 Å². The third-order valence-electron chi connectivity index (χ3n) is 1.83. The maximum absolute atomic E-state index is 11.2. The average Bonchev–Trinajstić information content (AvgIpc) is 2.46. The van der Waals surface area contributed by atoms with E-state index in [9.17, 15) is 8.42 Å². The monoisotopic (exact) mass is 231 g/mol. The molecule has 0 unspecified atom stereocenters. The third kappa shape index (κ3) is 1.49. The number of hydrogen-bond acceptors (Lipinski definition) is 4. The van der Waals surface area contributed by atoms with Crippen LogP contribution in [0, 0.1) is 0 Å². The molecule has 1 aromatic carbocycles. The van der Waals surface area contributed by atoms with Crippen molar-refractivity contribution in [1.82, 2.24) is 5.16 Å². The topological polar surface area (TPSA) is 60.2 Å². The van der Waals surface area contributed by atoms with Gasteiger partial charge in [0, 0.05) is 6.26 Å². The summed E-state index contributed by atoms with van der Waals surface area (Å²) in [7, 11) is -3.22. The molecule has 0 aliphatic rings. The van der Waals surface area contributed by atoms with Crippen LogP contribution in [0.3, 0.4) is 0 Å². The van der Waals surface area contributed by atoms with Crippen LogP contribution in [-0.4, -0.2) is 19.8 Å². The number of aromatic nitrogens is 1. The first-order chi connectivity index (χ1) is 6.48. The van der Waals surface area contributed by atoms with E-state index >= 15 is 0 Å². The van der Waals surface area contributed by atoms with E-state index in [0.29, 0.717) is 11.0 Å². The molecular weight excluding hydrogens is 226 g/mol. The van der Waals surface area contributed by atoms with Crippen LogP contribution in [0.1, 0.15) is 0 Å². The normalized spacial score (nSPS) is 12.1. The molecule has 0 aliphatic carbocycles. The summed E-state index contributed by atoms with van der Waals surface area (Å²) in [6.45, 7) is 0. The molecule has 0 saturated carbocycles. The summed E-state index contributed by atoms with van der Waals surface area (Å²) >= 11 is 5.69. The molecule has 0 spiro atoms. The third-order valence-corrected chi connectivity index (χ3v) is 3.21. The molecule has 0 atom stereocenters. The largest absolute Gasteiger partial charge is 0.355 e. The minimum atomic E-state index is -3.22. The van der Waals surface area contributed by atoms with Gasteiger partial charge in [-0.05, 0) is 18.2 Å². The minimum Gasteiger partial charge on any atom is -0.355 e. The lowest BCUT2D eigenvalue weighted by Crippen LogP contribution is -1.95. The predicted octanol–water partition coefficient (Wildman–Crippen LogP) is 1.88. The molecule has 0 aliphatic heterocycles. The first kappa shape index (κ1) is 9.48. The number of hydrogen-bond donors (Lipinski definition) is 0. The number of benzene rings is 1. The summed E-state index contributed by atoms with van der Waals surface area (Å²) < 4.78 is 27.3. The first-order valence-corrected chi connectivity index (χ1v) is 6.00. The molecule has 0 bridgehead atoms. The van der Waals surface area contributed by atoms with Crippen LogP contribution in [0.15, 0.2) is 27.6 Å². The first-order valence-electron chi connectivity index (χ1n) is 3.73. The highest BCUT2D eigenvalue weighted by Gasteiger charge is 2.11. The molecule has 2 rings (SSSR count). The van der Waals surface area contributed by atoms with E-state index in [1.54, 1.807) is 0 Å². The Kier molecular flexibility index (Phi) is 2.01. The van der Waals surface area contributed by atoms with Gasteiger partial charge >= 0.3 is 0 Å². The number of rotatable bonds is 1. The molecule has 0 amide bonds. The van der Waals surface area contributed by atoms with Gasteiger partial charge in [-0.25, -0.2) is 8.42 Å². The lowest BCUT2D eigenvalue weighted by molar-refractivity contribution is 0.457. The highest BCUT2D eigenvalue weighted by atomic mass is 35.5. The van der Waals surface area contributed by atoms with Crippen molar-refractivity contribution in [3.05, 3.63) is 23.4 Å². The molecule has 1 heterocycles. The molecule has 1 aromatic heterocycles. The van der Waals surface area contributed by atoms with E-state index in [4.69, 9.17) is 16.1 Å². The summed E-state index contributed by atoms with van der Waals surface area (Å²) in [5.74, 6) is 0. The van der Waals surface area contributed by atoms with E-state index < -0.39 is 9.84 Å². The van der Waals surface area contributed by atoms with Gasteiger partial charge in [0.1, 0.15) is 0 Å². The number of nitrogens with zero attached hydrogens (tertiary/aromatic N) is 1. The molecule has 14 heavy (non-hydrogen) atoms. The number of halogens is 1. The van der Waals surface area contributed by atoms with E-state index in [-0.39, 0.29) is 10.0 Å². The van der Waals surface area contributed by atoms with Gasteiger partial charge in [0.15, 0.2) is 20.6 Å². The summed E-state index contributed by atoms with van der Waals surface area (Å²) in [5, 5.41) is 4.20. The van der Waals surface area contributed by atoms with Gasteiger partial charge in [-0.1, -0.05) is 16.8 Å². The Bertz CT molecular complexity index is 588. The fraction of sp³-hybridized carbons (Fsp3) is 0.125. The average molecular weight is 232 g/mol. The SMILES string of the molecule is CS(=O)(=O)c1ccc2onc(Cl)c2c1. The zero-order valence-electron chi connectivity index (χ0n) is 7.19. The van der Waals surface area contributed by atoms with Gasteiger partial charge in [-0.2, -0.15) is 0 Å². The second-order valence-corrected chi connectivity index (χ2v) is 5.28. The molecule has 6 heteroatoms. The van der Waals surface area contributed by atoms with Crippen molar-refractivity contribution in [2.24, 2.45) is 0 Å². The Labute approximate surface area is 85.4 Å². The fourth-order valence-electron chi connectivity index (χ4n) is 1.12. The Morgan fingerprint density at radius 1 is 1.43 bits per heavy atom. The van der Waals surface area contributed by atoms with Gasteiger partial charge in [-0.3, -0.25) is 0 Å².